The number of halogens is 3. The van der Waals surface area contributed by atoms with E-state index in [0.29, 0.717) is 37.0 Å². The highest BCUT2D eigenvalue weighted by Crippen LogP contribution is 2.40. The molecule has 0 saturated heterocycles. The number of para-hydroxylation sites is 1. The zero-order valence-corrected chi connectivity index (χ0v) is 18.0. The number of hydrogen-bond acceptors (Lipinski definition) is 5. The molecule has 3 N–H and O–H groups in total. The van der Waals surface area contributed by atoms with Crippen LogP contribution in [0, 0.1) is 5.92 Å². The predicted molar refractivity (Wildman–Crippen MR) is 115 cm³/mol. The fourth-order valence-electron chi connectivity index (χ4n) is 3.60. The predicted octanol–water partition coefficient (Wildman–Crippen LogP) is 4.29. The van der Waals surface area contributed by atoms with Gasteiger partial charge in [-0.1, -0.05) is 28.4 Å². The van der Waals surface area contributed by atoms with Crippen molar-refractivity contribution in [3.8, 4) is 0 Å². The third-order valence-electron chi connectivity index (χ3n) is 5.24. The molecular formula is C21H26F3N4O2S+. The largest absolute Gasteiger partial charge is 0.392 e. The molecule has 1 aromatic heterocycles. The first-order chi connectivity index (χ1) is 14.5. The van der Waals surface area contributed by atoms with Gasteiger partial charge in [-0.25, -0.2) is 0 Å². The van der Waals surface area contributed by atoms with Crippen LogP contribution in [0.5, 0.6) is 0 Å². The number of pyridine rings is 1. The van der Waals surface area contributed by atoms with Gasteiger partial charge in [-0.2, -0.15) is 18.4 Å². The number of allylic oxidation sites excluding steroid dienone is 2. The molecule has 6 nitrogen and oxygen atoms in total. The van der Waals surface area contributed by atoms with Crippen LogP contribution in [0.3, 0.4) is 0 Å². The molecule has 31 heavy (non-hydrogen) atoms. The van der Waals surface area contributed by atoms with Crippen molar-refractivity contribution < 1.29 is 27.3 Å². The molecule has 0 aliphatic heterocycles. The van der Waals surface area contributed by atoms with E-state index in [4.69, 9.17) is 0 Å². The summed E-state index contributed by atoms with van der Waals surface area (Å²) in [5.41, 5.74) is 5.49. The number of nitrogens with zero attached hydrogens (tertiary/aromatic N) is 2. The van der Waals surface area contributed by atoms with Crippen LogP contribution in [-0.4, -0.2) is 46.6 Å². The number of thiol groups is 1. The molecule has 2 aromatic rings. The molecule has 0 radical (unpaired) electrons. The average Bonchev–Trinajstić information content (AvgIpc) is 2.71. The fourth-order valence-corrected chi connectivity index (χ4v) is 3.70. The lowest BCUT2D eigenvalue weighted by atomic mass is 9.85. The molecule has 1 aromatic carbocycles. The van der Waals surface area contributed by atoms with Gasteiger partial charge in [-0.15, -0.1) is 5.43 Å². The molecule has 3 rings (SSSR count). The van der Waals surface area contributed by atoms with E-state index in [0.717, 1.165) is 16.5 Å². The van der Waals surface area contributed by atoms with Crippen molar-refractivity contribution >= 4 is 35.2 Å². The molecule has 168 valence electrons. The molecule has 1 heterocycles. The Labute approximate surface area is 184 Å². The number of hydrogen-bond donors (Lipinski definition) is 4. The van der Waals surface area contributed by atoms with Gasteiger partial charge in [0.2, 0.25) is 0 Å². The van der Waals surface area contributed by atoms with E-state index in [1.807, 2.05) is 18.2 Å². The monoisotopic (exact) mass is 455 g/mol. The Bertz CT molecular complexity index is 973. The first-order valence-electron chi connectivity index (χ1n) is 10.0. The van der Waals surface area contributed by atoms with Gasteiger partial charge in [-0.3, -0.25) is 9.78 Å². The van der Waals surface area contributed by atoms with E-state index in [1.165, 1.54) is 13.2 Å². The van der Waals surface area contributed by atoms with Crippen LogP contribution in [0.2, 0.25) is 0 Å². The minimum absolute atomic E-state index is 0.0217. The van der Waals surface area contributed by atoms with Gasteiger partial charge in [0.15, 0.2) is 0 Å². The molecule has 0 bridgehead atoms. The molecule has 2 atom stereocenters. The van der Waals surface area contributed by atoms with Crippen molar-refractivity contribution in [2.45, 2.75) is 31.9 Å². The second kappa shape index (κ2) is 9.56. The van der Waals surface area contributed by atoms with Gasteiger partial charge in [0, 0.05) is 23.7 Å². The standard InChI is InChI=1S/C21H25F3N4O2S/c1-28(30,31)27-11-3-10-25-20(29)16-12-15-4-2-5-18(19(15)26-13-16)14-6-8-17(9-7-14)21(22,23)24/h2,4-6,12-13,17,27,30-31H,3,7-11H2,1H3/p+1. The van der Waals surface area contributed by atoms with E-state index in [1.54, 1.807) is 12.1 Å². The summed E-state index contributed by atoms with van der Waals surface area (Å²) >= 11 is 3.88. The highest BCUT2D eigenvalue weighted by molar-refractivity contribution is 7.74. The van der Waals surface area contributed by atoms with Gasteiger partial charge in [0.25, 0.3) is 5.91 Å². The van der Waals surface area contributed by atoms with Gasteiger partial charge in [-0.05, 0) is 37.3 Å². The van der Waals surface area contributed by atoms with Crippen LogP contribution in [0.4, 0.5) is 13.2 Å². The number of alkyl halides is 3. The van der Waals surface area contributed by atoms with Crippen molar-refractivity contribution in [1.29, 1.82) is 0 Å². The molecule has 0 spiro atoms. The Morgan fingerprint density at radius 2 is 2.13 bits per heavy atom. The number of rotatable bonds is 7. The van der Waals surface area contributed by atoms with Crippen molar-refractivity contribution in [3.63, 3.8) is 0 Å². The number of nitrogens with one attached hydrogen (secondary N) is 2. The SMILES string of the molecule is C[N+](O)(S)NCCCNC(=O)c1cnc2c(C3=CCC(C(F)(F)F)CC3)cccc2c1. The fraction of sp³-hybridized carbons (Fsp3) is 0.429. The molecule has 1 aliphatic rings. The van der Waals surface area contributed by atoms with Gasteiger partial charge in [0.05, 0.1) is 23.5 Å². The Morgan fingerprint density at radius 3 is 2.77 bits per heavy atom. The lowest BCUT2D eigenvalue weighted by molar-refractivity contribution is -1.01. The van der Waals surface area contributed by atoms with Crippen molar-refractivity contribution in [1.82, 2.24) is 15.7 Å². The highest BCUT2D eigenvalue weighted by Gasteiger charge is 2.39. The maximum atomic E-state index is 12.9. The van der Waals surface area contributed by atoms with E-state index >= 15 is 0 Å². The van der Waals surface area contributed by atoms with E-state index in [9.17, 15) is 23.2 Å². The first kappa shape index (κ1) is 23.5. The van der Waals surface area contributed by atoms with E-state index < -0.39 is 16.3 Å². The first-order valence-corrected chi connectivity index (χ1v) is 10.4. The molecular weight excluding hydrogens is 429 g/mol. The number of carbonyl (C=O) groups is 1. The van der Waals surface area contributed by atoms with Crippen molar-refractivity contribution in [3.05, 3.63) is 47.7 Å². The lowest BCUT2D eigenvalue weighted by Gasteiger charge is -2.24. The number of amides is 1. The normalized spacial score (nSPS) is 19.0. The zero-order valence-electron chi connectivity index (χ0n) is 17.1. The van der Waals surface area contributed by atoms with E-state index in [-0.39, 0.29) is 18.7 Å². The number of carbonyl (C=O) groups excluding carboxylic acids is 1. The summed E-state index contributed by atoms with van der Waals surface area (Å²) in [5, 5.41) is 13.0. The minimum Gasteiger partial charge on any atom is -0.352 e. The summed E-state index contributed by atoms with van der Waals surface area (Å²) in [7, 11) is 1.45. The minimum atomic E-state index is -4.17. The third kappa shape index (κ3) is 6.42. The van der Waals surface area contributed by atoms with Crippen LogP contribution in [0.25, 0.3) is 16.5 Å². The summed E-state index contributed by atoms with van der Waals surface area (Å²) in [4.78, 5) is 16.8. The Hall–Kier alpha value is -2.14. The number of benzene rings is 1. The van der Waals surface area contributed by atoms with Crippen LogP contribution in [-0.2, 0) is 0 Å². The van der Waals surface area contributed by atoms with Crippen LogP contribution >= 0.6 is 12.8 Å². The summed E-state index contributed by atoms with van der Waals surface area (Å²) < 4.78 is 38.1. The number of quaternary nitrogens is 1. The highest BCUT2D eigenvalue weighted by atomic mass is 32.1. The Kier molecular flexibility index (Phi) is 7.25. The van der Waals surface area contributed by atoms with Crippen LogP contribution in [0.15, 0.2) is 36.5 Å². The maximum Gasteiger partial charge on any atom is 0.392 e. The molecule has 1 amide bonds. The zero-order chi connectivity index (χ0) is 22.6. The van der Waals surface area contributed by atoms with Gasteiger partial charge in [0.1, 0.15) is 19.9 Å². The van der Waals surface area contributed by atoms with Gasteiger partial charge >= 0.3 is 6.18 Å². The Balaban J connectivity index is 1.68. The van der Waals surface area contributed by atoms with Crippen LogP contribution < -0.4 is 10.7 Å². The number of fused-ring (bicyclic) bond motifs is 1. The van der Waals surface area contributed by atoms with Crippen molar-refractivity contribution in [2.24, 2.45) is 5.92 Å². The second-order valence-corrected chi connectivity index (χ2v) is 8.55. The van der Waals surface area contributed by atoms with Crippen LogP contribution in [0.1, 0.15) is 41.6 Å². The maximum absolute atomic E-state index is 12.9. The quantitative estimate of drug-likeness (QED) is 0.218. The van der Waals surface area contributed by atoms with Gasteiger partial charge < -0.3 is 5.32 Å². The molecule has 0 saturated carbocycles. The summed E-state index contributed by atoms with van der Waals surface area (Å²) in [5.74, 6) is -1.56. The smallest absolute Gasteiger partial charge is 0.352 e. The average molecular weight is 456 g/mol. The third-order valence-corrected chi connectivity index (χ3v) is 5.38. The van der Waals surface area contributed by atoms with Crippen molar-refractivity contribution in [2.75, 3.05) is 20.1 Å². The van der Waals surface area contributed by atoms with E-state index in [2.05, 4.69) is 28.5 Å². The Morgan fingerprint density at radius 1 is 1.35 bits per heavy atom. The number of aromatic nitrogens is 1. The molecule has 10 heteroatoms. The molecule has 0 fully saturated rings. The number of hydroxylamine groups is 1. The topological polar surface area (TPSA) is 74.2 Å². The summed E-state index contributed by atoms with van der Waals surface area (Å²) in [6, 6.07) is 7.25. The molecule has 2 unspecified atom stereocenters. The summed E-state index contributed by atoms with van der Waals surface area (Å²) in [6.07, 6.45) is -0.0296. The lowest BCUT2D eigenvalue weighted by Crippen LogP contribution is -2.44. The second-order valence-electron chi connectivity index (χ2n) is 7.77. The summed E-state index contributed by atoms with van der Waals surface area (Å²) in [6.45, 7) is 0.866. The molecule has 1 aliphatic carbocycles.